The van der Waals surface area contributed by atoms with E-state index in [4.69, 9.17) is 18.0 Å². The predicted octanol–water partition coefficient (Wildman–Crippen LogP) is 1.63. The summed E-state index contributed by atoms with van der Waals surface area (Å²) in [5.41, 5.74) is 5.41. The van der Waals surface area contributed by atoms with Crippen LogP contribution < -0.4 is 5.73 Å². The maximum atomic E-state index is 13.0. The number of thiocarbonyl (C=S) groups is 1. The summed E-state index contributed by atoms with van der Waals surface area (Å²) < 4.78 is 0. The lowest BCUT2D eigenvalue weighted by Gasteiger charge is -2.38. The van der Waals surface area contributed by atoms with Crippen LogP contribution in [0.2, 0.25) is 0 Å². The van der Waals surface area contributed by atoms with Crippen molar-refractivity contribution in [1.29, 1.82) is 0 Å². The molecule has 0 spiro atoms. The van der Waals surface area contributed by atoms with Crippen LogP contribution in [0.4, 0.5) is 0 Å². The molecule has 1 aliphatic carbocycles. The number of likely N-dealkylation sites (N-methyl/N-ethyl adjacent to an activating group) is 1. The molecule has 2 fully saturated rings. The topological polar surface area (TPSA) is 49.6 Å². The molecule has 0 radical (unpaired) electrons. The molecule has 1 saturated heterocycles. The van der Waals surface area contributed by atoms with Gasteiger partial charge in [0.2, 0.25) is 5.91 Å². The van der Waals surface area contributed by atoms with E-state index in [1.807, 2.05) is 4.90 Å². The second-order valence-corrected chi connectivity index (χ2v) is 7.17. The van der Waals surface area contributed by atoms with E-state index in [1.165, 1.54) is 6.42 Å². The molecule has 2 unspecified atom stereocenters. The molecule has 0 aromatic heterocycles. The Morgan fingerprint density at radius 3 is 2.30 bits per heavy atom. The summed E-state index contributed by atoms with van der Waals surface area (Å²) in [4.78, 5) is 17.6. The van der Waals surface area contributed by atoms with Crippen molar-refractivity contribution in [3.05, 3.63) is 0 Å². The van der Waals surface area contributed by atoms with E-state index < -0.39 is 5.41 Å². The van der Waals surface area contributed by atoms with Gasteiger partial charge in [0.05, 0.1) is 10.4 Å². The highest BCUT2D eigenvalue weighted by molar-refractivity contribution is 7.80. The number of nitrogens with two attached hydrogens (primary N) is 1. The van der Waals surface area contributed by atoms with Gasteiger partial charge in [-0.3, -0.25) is 4.79 Å². The fourth-order valence-corrected chi connectivity index (χ4v) is 4.10. The summed E-state index contributed by atoms with van der Waals surface area (Å²) in [5.74, 6) is 0.682. The summed E-state index contributed by atoms with van der Waals surface area (Å²) in [6, 6.07) is 0.436. The molecule has 1 aliphatic heterocycles. The van der Waals surface area contributed by atoms with Crippen LogP contribution in [0.3, 0.4) is 0 Å². The van der Waals surface area contributed by atoms with Crippen molar-refractivity contribution in [2.45, 2.75) is 45.1 Å². The lowest BCUT2D eigenvalue weighted by Crippen LogP contribution is -2.51. The van der Waals surface area contributed by atoms with Crippen LogP contribution in [-0.2, 0) is 4.79 Å². The third-order valence-corrected chi connectivity index (χ3v) is 5.50. The molecule has 2 aliphatic rings. The minimum atomic E-state index is -0.561. The molecule has 4 nitrogen and oxygen atoms in total. The molecule has 0 aromatic carbocycles. The smallest absolute Gasteiger partial charge is 0.235 e. The Hall–Kier alpha value is -0.680. The molecule has 20 heavy (non-hydrogen) atoms. The molecule has 1 amide bonds. The van der Waals surface area contributed by atoms with Gasteiger partial charge >= 0.3 is 0 Å². The van der Waals surface area contributed by atoms with Crippen molar-refractivity contribution in [2.75, 3.05) is 27.2 Å². The number of likely N-dealkylation sites (tertiary alicyclic amines) is 1. The molecule has 5 heteroatoms. The van der Waals surface area contributed by atoms with E-state index in [9.17, 15) is 4.79 Å². The lowest BCUT2D eigenvalue weighted by atomic mass is 9.73. The maximum absolute atomic E-state index is 13.0. The Labute approximate surface area is 127 Å². The van der Waals surface area contributed by atoms with Gasteiger partial charge in [0, 0.05) is 19.1 Å². The molecule has 2 atom stereocenters. The second kappa shape index (κ2) is 5.98. The summed E-state index contributed by atoms with van der Waals surface area (Å²) in [6.45, 7) is 3.84. The van der Waals surface area contributed by atoms with Gasteiger partial charge in [0.15, 0.2) is 0 Å². The summed E-state index contributed by atoms with van der Waals surface area (Å²) in [6.07, 6.45) is 4.97. The van der Waals surface area contributed by atoms with Gasteiger partial charge in [-0.15, -0.1) is 0 Å². The number of carbonyl (C=O) groups excluding carboxylic acids is 1. The summed E-state index contributed by atoms with van der Waals surface area (Å²) in [5, 5.41) is 0. The van der Waals surface area contributed by atoms with Crippen LogP contribution in [0.5, 0.6) is 0 Å². The fraction of sp³-hybridized carbons (Fsp3) is 0.867. The first-order chi connectivity index (χ1) is 9.38. The van der Waals surface area contributed by atoms with Crippen LogP contribution in [0.25, 0.3) is 0 Å². The first kappa shape index (κ1) is 15.7. The minimum absolute atomic E-state index is 0.181. The number of nitrogens with zero attached hydrogens (tertiary/aromatic N) is 2. The molecule has 114 valence electrons. The minimum Gasteiger partial charge on any atom is -0.392 e. The van der Waals surface area contributed by atoms with Gasteiger partial charge in [0.25, 0.3) is 0 Å². The third kappa shape index (κ3) is 2.70. The lowest BCUT2D eigenvalue weighted by molar-refractivity contribution is -0.138. The number of hydrogen-bond acceptors (Lipinski definition) is 3. The predicted molar refractivity (Wildman–Crippen MR) is 85.5 cm³/mol. The first-order valence-corrected chi connectivity index (χ1v) is 8.05. The van der Waals surface area contributed by atoms with Crippen LogP contribution in [0.1, 0.15) is 39.0 Å². The fourth-order valence-electron chi connectivity index (χ4n) is 3.81. The maximum Gasteiger partial charge on any atom is 0.235 e. The molecule has 2 rings (SSSR count). The number of hydrogen-bond donors (Lipinski definition) is 1. The Kier molecular flexibility index (Phi) is 4.69. The zero-order valence-electron chi connectivity index (χ0n) is 12.9. The van der Waals surface area contributed by atoms with Gasteiger partial charge in [-0.1, -0.05) is 38.4 Å². The molecule has 0 aromatic rings. The van der Waals surface area contributed by atoms with Crippen molar-refractivity contribution in [1.82, 2.24) is 9.80 Å². The van der Waals surface area contributed by atoms with Crippen molar-refractivity contribution in [3.63, 3.8) is 0 Å². The van der Waals surface area contributed by atoms with E-state index in [0.29, 0.717) is 16.9 Å². The summed E-state index contributed by atoms with van der Waals surface area (Å²) in [7, 11) is 4.16. The van der Waals surface area contributed by atoms with Crippen LogP contribution in [-0.4, -0.2) is 53.9 Å². The monoisotopic (exact) mass is 297 g/mol. The number of rotatable bonds is 3. The molecular formula is C15H27N3OS. The van der Waals surface area contributed by atoms with E-state index in [2.05, 4.69) is 25.9 Å². The molecule has 0 bridgehead atoms. The van der Waals surface area contributed by atoms with Crippen molar-refractivity contribution < 1.29 is 4.79 Å². The van der Waals surface area contributed by atoms with Crippen LogP contribution in [0.15, 0.2) is 0 Å². The second-order valence-electron chi connectivity index (χ2n) is 6.73. The van der Waals surface area contributed by atoms with E-state index >= 15 is 0 Å². The van der Waals surface area contributed by atoms with Crippen molar-refractivity contribution in [2.24, 2.45) is 17.1 Å². The number of amides is 1. The molecule has 2 N–H and O–H groups in total. The zero-order chi connectivity index (χ0) is 14.9. The van der Waals surface area contributed by atoms with Gasteiger partial charge in [-0.2, -0.15) is 0 Å². The van der Waals surface area contributed by atoms with E-state index in [-0.39, 0.29) is 5.91 Å². The molecule has 1 heterocycles. The van der Waals surface area contributed by atoms with Gasteiger partial charge < -0.3 is 15.5 Å². The molecule has 1 saturated carbocycles. The Bertz CT molecular complexity index is 391. The quantitative estimate of drug-likeness (QED) is 0.805. The van der Waals surface area contributed by atoms with Crippen molar-refractivity contribution >= 4 is 23.1 Å². The Morgan fingerprint density at radius 2 is 1.85 bits per heavy atom. The Morgan fingerprint density at radius 1 is 1.25 bits per heavy atom. The normalized spacial score (nSPS) is 29.7. The third-order valence-electron chi connectivity index (χ3n) is 5.11. The highest BCUT2D eigenvalue weighted by Gasteiger charge is 2.47. The highest BCUT2D eigenvalue weighted by Crippen LogP contribution is 2.39. The zero-order valence-corrected chi connectivity index (χ0v) is 13.7. The Balaban J connectivity index is 2.15. The van der Waals surface area contributed by atoms with Crippen LogP contribution >= 0.6 is 12.2 Å². The highest BCUT2D eigenvalue weighted by atomic mass is 32.1. The number of carbonyl (C=O) groups is 1. The van der Waals surface area contributed by atoms with Gasteiger partial charge in [-0.25, -0.2) is 0 Å². The average Bonchev–Trinajstić information content (AvgIpc) is 2.80. The average molecular weight is 297 g/mol. The van der Waals surface area contributed by atoms with E-state index in [0.717, 1.165) is 38.8 Å². The van der Waals surface area contributed by atoms with Gasteiger partial charge in [-0.05, 0) is 32.9 Å². The largest absolute Gasteiger partial charge is 0.392 e. The standard InChI is InChI=1S/C15H27N3OS/c1-11-9-18(10-12(11)17(2)3)14(19)15(13(16)20)7-5-4-6-8-15/h11-12H,4-10H2,1-3H3,(H2,16,20). The van der Waals surface area contributed by atoms with Gasteiger partial charge in [0.1, 0.15) is 0 Å². The first-order valence-electron chi connectivity index (χ1n) is 7.64. The summed E-state index contributed by atoms with van der Waals surface area (Å²) >= 11 is 5.27. The van der Waals surface area contributed by atoms with Crippen LogP contribution in [0, 0.1) is 11.3 Å². The SMILES string of the molecule is CC1CN(C(=O)C2(C(N)=S)CCCCC2)CC1N(C)C. The van der Waals surface area contributed by atoms with Crippen molar-refractivity contribution in [3.8, 4) is 0 Å². The molecular weight excluding hydrogens is 270 g/mol. The van der Waals surface area contributed by atoms with E-state index in [1.54, 1.807) is 0 Å².